The van der Waals surface area contributed by atoms with Gasteiger partial charge in [0.1, 0.15) is 5.03 Å². The van der Waals surface area contributed by atoms with E-state index in [9.17, 15) is 0 Å². The molecule has 0 amide bonds. The van der Waals surface area contributed by atoms with Gasteiger partial charge in [-0.15, -0.1) is 0 Å². The van der Waals surface area contributed by atoms with Gasteiger partial charge in [0.05, 0.1) is 0 Å². The average molecular weight is 351 g/mol. The summed E-state index contributed by atoms with van der Waals surface area (Å²) in [7, 11) is 0. The molecule has 2 aromatic rings. The first-order valence-corrected chi connectivity index (χ1v) is 8.34. The molecular formula is C16H19BrN2S. The zero-order valence-electron chi connectivity index (χ0n) is 11.8. The molecule has 1 aromatic carbocycles. The third-order valence-electron chi connectivity index (χ3n) is 3.12. The van der Waals surface area contributed by atoms with Crippen LogP contribution in [0.5, 0.6) is 0 Å². The van der Waals surface area contributed by atoms with E-state index in [-0.39, 0.29) is 6.04 Å². The summed E-state index contributed by atoms with van der Waals surface area (Å²) in [6.45, 7) is 4.22. The van der Waals surface area contributed by atoms with Crippen molar-refractivity contribution in [3.8, 4) is 0 Å². The largest absolute Gasteiger partial charge is 0.327 e. The number of halogens is 1. The number of nitrogens with two attached hydrogens (primary N) is 1. The summed E-state index contributed by atoms with van der Waals surface area (Å²) >= 11 is 5.18. The number of rotatable bonds is 5. The lowest BCUT2D eigenvalue weighted by Gasteiger charge is -2.11. The molecule has 106 valence electrons. The minimum absolute atomic E-state index is 0.222. The maximum atomic E-state index is 6.00. The third-order valence-corrected chi connectivity index (χ3v) is 4.72. The number of hydrogen-bond acceptors (Lipinski definition) is 3. The molecule has 0 saturated carbocycles. The highest BCUT2D eigenvalue weighted by molar-refractivity contribution is 9.10. The summed E-state index contributed by atoms with van der Waals surface area (Å²) in [4.78, 5) is 5.77. The molecule has 0 aliphatic carbocycles. The Balaban J connectivity index is 2.13. The van der Waals surface area contributed by atoms with Crippen molar-refractivity contribution >= 4 is 27.7 Å². The smallest absolute Gasteiger partial charge is 0.104 e. The molecule has 1 aromatic heterocycles. The molecule has 0 aliphatic heterocycles. The Morgan fingerprint density at radius 1 is 1.35 bits per heavy atom. The molecule has 0 aliphatic rings. The van der Waals surface area contributed by atoms with Crippen LogP contribution < -0.4 is 5.73 Å². The average Bonchev–Trinajstić information content (AvgIpc) is 2.42. The fourth-order valence-electron chi connectivity index (χ4n) is 1.93. The highest BCUT2D eigenvalue weighted by atomic mass is 79.9. The highest BCUT2D eigenvalue weighted by Crippen LogP contribution is 2.30. The number of pyridine rings is 1. The van der Waals surface area contributed by atoms with Crippen LogP contribution in [0.15, 0.2) is 50.9 Å². The van der Waals surface area contributed by atoms with Gasteiger partial charge in [0.2, 0.25) is 0 Å². The first-order chi connectivity index (χ1) is 9.58. The van der Waals surface area contributed by atoms with Gasteiger partial charge in [0.25, 0.3) is 0 Å². The highest BCUT2D eigenvalue weighted by Gasteiger charge is 2.07. The maximum absolute atomic E-state index is 6.00. The predicted molar refractivity (Wildman–Crippen MR) is 89.2 cm³/mol. The SMILES string of the molecule is CCC(N)Cc1cnc(Sc2cccc(Br)c2)c(C)c1. The molecule has 0 saturated heterocycles. The molecule has 2 N–H and O–H groups in total. The van der Waals surface area contributed by atoms with Crippen molar-refractivity contribution in [3.05, 3.63) is 52.1 Å². The molecule has 1 unspecified atom stereocenters. The monoisotopic (exact) mass is 350 g/mol. The van der Waals surface area contributed by atoms with Crippen LogP contribution in [0.25, 0.3) is 0 Å². The second-order valence-corrected chi connectivity index (χ2v) is 6.88. The van der Waals surface area contributed by atoms with E-state index in [0.717, 1.165) is 22.3 Å². The van der Waals surface area contributed by atoms with Crippen molar-refractivity contribution in [2.24, 2.45) is 5.73 Å². The van der Waals surface area contributed by atoms with Crippen LogP contribution in [0.3, 0.4) is 0 Å². The number of benzene rings is 1. The minimum Gasteiger partial charge on any atom is -0.327 e. The molecule has 1 heterocycles. The fraction of sp³-hybridized carbons (Fsp3) is 0.312. The number of aryl methyl sites for hydroxylation is 1. The van der Waals surface area contributed by atoms with Crippen molar-refractivity contribution in [1.29, 1.82) is 0 Å². The summed E-state index contributed by atoms with van der Waals surface area (Å²) in [5.41, 5.74) is 8.42. The first-order valence-electron chi connectivity index (χ1n) is 6.73. The molecule has 2 rings (SSSR count). The Labute approximate surface area is 133 Å². The van der Waals surface area contributed by atoms with E-state index < -0.39 is 0 Å². The molecule has 0 spiro atoms. The minimum atomic E-state index is 0.222. The van der Waals surface area contributed by atoms with E-state index >= 15 is 0 Å². The Morgan fingerprint density at radius 2 is 2.15 bits per heavy atom. The number of nitrogens with zero attached hydrogens (tertiary/aromatic N) is 1. The van der Waals surface area contributed by atoms with E-state index in [4.69, 9.17) is 5.73 Å². The van der Waals surface area contributed by atoms with Gasteiger partial charge in [-0.05, 0) is 49.1 Å². The second kappa shape index (κ2) is 7.25. The van der Waals surface area contributed by atoms with Crippen LogP contribution >= 0.6 is 27.7 Å². The predicted octanol–water partition coefficient (Wildman–Crippen LogP) is 4.58. The van der Waals surface area contributed by atoms with Crippen molar-refractivity contribution in [2.45, 2.75) is 42.7 Å². The van der Waals surface area contributed by atoms with Crippen molar-refractivity contribution < 1.29 is 0 Å². The van der Waals surface area contributed by atoms with Gasteiger partial charge in [0.15, 0.2) is 0 Å². The lowest BCUT2D eigenvalue weighted by atomic mass is 10.1. The molecular weight excluding hydrogens is 332 g/mol. The van der Waals surface area contributed by atoms with E-state index in [1.165, 1.54) is 16.0 Å². The van der Waals surface area contributed by atoms with Crippen LogP contribution in [-0.4, -0.2) is 11.0 Å². The van der Waals surface area contributed by atoms with Gasteiger partial charge in [-0.2, -0.15) is 0 Å². The normalized spacial score (nSPS) is 12.4. The maximum Gasteiger partial charge on any atom is 0.104 e. The number of aromatic nitrogens is 1. The second-order valence-electron chi connectivity index (χ2n) is 4.90. The van der Waals surface area contributed by atoms with Gasteiger partial charge in [0, 0.05) is 21.6 Å². The van der Waals surface area contributed by atoms with E-state index in [1.54, 1.807) is 11.8 Å². The van der Waals surface area contributed by atoms with Gasteiger partial charge in [-0.25, -0.2) is 4.98 Å². The zero-order chi connectivity index (χ0) is 14.5. The van der Waals surface area contributed by atoms with Gasteiger partial charge < -0.3 is 5.73 Å². The van der Waals surface area contributed by atoms with Gasteiger partial charge >= 0.3 is 0 Å². The van der Waals surface area contributed by atoms with Gasteiger partial charge in [-0.1, -0.05) is 46.7 Å². The van der Waals surface area contributed by atoms with Crippen LogP contribution in [0.1, 0.15) is 24.5 Å². The fourth-order valence-corrected chi connectivity index (χ4v) is 3.36. The third kappa shape index (κ3) is 4.33. The summed E-state index contributed by atoms with van der Waals surface area (Å²) in [6.07, 6.45) is 3.84. The Kier molecular flexibility index (Phi) is 5.64. The van der Waals surface area contributed by atoms with Crippen molar-refractivity contribution in [1.82, 2.24) is 4.98 Å². The standard InChI is InChI=1S/C16H19BrN2S/c1-3-14(18)8-12-7-11(2)16(19-10-12)20-15-6-4-5-13(17)9-15/h4-7,9-10,14H,3,8,18H2,1-2H3. The van der Waals surface area contributed by atoms with E-state index in [1.807, 2.05) is 18.3 Å². The van der Waals surface area contributed by atoms with Crippen molar-refractivity contribution in [2.75, 3.05) is 0 Å². The van der Waals surface area contributed by atoms with Crippen molar-refractivity contribution in [3.63, 3.8) is 0 Å². The van der Waals surface area contributed by atoms with Crippen LogP contribution in [-0.2, 0) is 6.42 Å². The van der Waals surface area contributed by atoms with E-state index in [2.05, 4.69) is 53.0 Å². The summed E-state index contributed by atoms with van der Waals surface area (Å²) in [5, 5.41) is 1.05. The zero-order valence-corrected chi connectivity index (χ0v) is 14.2. The van der Waals surface area contributed by atoms with Crippen LogP contribution in [0.2, 0.25) is 0 Å². The molecule has 1 atom stereocenters. The van der Waals surface area contributed by atoms with Gasteiger partial charge in [-0.3, -0.25) is 0 Å². The topological polar surface area (TPSA) is 38.9 Å². The molecule has 0 bridgehead atoms. The molecule has 0 radical (unpaired) electrons. The summed E-state index contributed by atoms with van der Waals surface area (Å²) in [5.74, 6) is 0. The molecule has 0 fully saturated rings. The van der Waals surface area contributed by atoms with Crippen LogP contribution in [0, 0.1) is 6.92 Å². The quantitative estimate of drug-likeness (QED) is 0.857. The lowest BCUT2D eigenvalue weighted by Crippen LogP contribution is -2.21. The summed E-state index contributed by atoms with van der Waals surface area (Å²) in [6, 6.07) is 10.7. The lowest BCUT2D eigenvalue weighted by molar-refractivity contribution is 0.644. The first kappa shape index (κ1) is 15.5. The Morgan fingerprint density at radius 3 is 2.80 bits per heavy atom. The number of hydrogen-bond donors (Lipinski definition) is 1. The Hall–Kier alpha value is -0.840. The van der Waals surface area contributed by atoms with E-state index in [0.29, 0.717) is 0 Å². The molecule has 20 heavy (non-hydrogen) atoms. The molecule has 2 nitrogen and oxygen atoms in total. The Bertz CT molecular complexity index is 586. The summed E-state index contributed by atoms with van der Waals surface area (Å²) < 4.78 is 1.09. The molecule has 4 heteroatoms. The van der Waals surface area contributed by atoms with Crippen LogP contribution in [0.4, 0.5) is 0 Å².